The minimum Gasteiger partial charge on any atom is -0.341 e. The highest BCUT2D eigenvalue weighted by molar-refractivity contribution is 8.00. The standard InChI is InChI=1S/C18H25FN2O2S/c1-4-20(16(22)10-13(2)3)8-9-21-17(23)12-24-18(21)14-6-5-7-15(19)11-14/h5-7,11,13,18H,4,8-10,12H2,1-3H3. The van der Waals surface area contributed by atoms with E-state index < -0.39 is 0 Å². The van der Waals surface area contributed by atoms with Gasteiger partial charge in [0.25, 0.3) is 0 Å². The number of thioether (sulfide) groups is 1. The van der Waals surface area contributed by atoms with Crippen LogP contribution < -0.4 is 0 Å². The summed E-state index contributed by atoms with van der Waals surface area (Å²) in [7, 11) is 0. The monoisotopic (exact) mass is 352 g/mol. The summed E-state index contributed by atoms with van der Waals surface area (Å²) in [5, 5.41) is -0.174. The molecule has 0 spiro atoms. The Bertz CT molecular complexity index is 594. The van der Waals surface area contributed by atoms with Crippen LogP contribution in [0.3, 0.4) is 0 Å². The van der Waals surface area contributed by atoms with E-state index in [1.54, 1.807) is 15.9 Å². The number of rotatable bonds is 7. The molecule has 0 saturated carbocycles. The molecule has 1 fully saturated rings. The summed E-state index contributed by atoms with van der Waals surface area (Å²) < 4.78 is 13.5. The van der Waals surface area contributed by atoms with Crippen LogP contribution in [0.15, 0.2) is 24.3 Å². The average Bonchev–Trinajstić information content (AvgIpc) is 2.88. The number of carbonyl (C=O) groups excluding carboxylic acids is 2. The first-order chi connectivity index (χ1) is 11.4. The van der Waals surface area contributed by atoms with Gasteiger partial charge in [0, 0.05) is 26.1 Å². The second kappa shape index (κ2) is 8.51. The molecule has 1 aliphatic heterocycles. The van der Waals surface area contributed by atoms with Crippen molar-refractivity contribution in [1.29, 1.82) is 0 Å². The van der Waals surface area contributed by atoms with Crippen LogP contribution in [0, 0.1) is 11.7 Å². The third-order valence-corrected chi connectivity index (χ3v) is 5.29. The number of hydrogen-bond donors (Lipinski definition) is 0. The van der Waals surface area contributed by atoms with Gasteiger partial charge in [0.2, 0.25) is 11.8 Å². The summed E-state index contributed by atoms with van der Waals surface area (Å²) in [5.41, 5.74) is 0.794. The van der Waals surface area contributed by atoms with E-state index in [4.69, 9.17) is 0 Å². The van der Waals surface area contributed by atoms with Crippen molar-refractivity contribution in [3.63, 3.8) is 0 Å². The second-order valence-corrected chi connectivity index (χ2v) is 7.45. The van der Waals surface area contributed by atoms with E-state index in [0.717, 1.165) is 5.56 Å². The molecule has 1 aromatic rings. The number of likely N-dealkylation sites (N-methyl/N-ethyl adjacent to an activating group) is 1. The predicted octanol–water partition coefficient (Wildman–Crippen LogP) is 3.29. The van der Waals surface area contributed by atoms with Gasteiger partial charge in [-0.3, -0.25) is 9.59 Å². The second-order valence-electron chi connectivity index (χ2n) is 6.38. The number of benzene rings is 1. The normalized spacial score (nSPS) is 17.6. The molecule has 1 atom stereocenters. The van der Waals surface area contributed by atoms with Gasteiger partial charge in [-0.2, -0.15) is 0 Å². The summed E-state index contributed by atoms with van der Waals surface area (Å²) in [5.74, 6) is 0.578. The van der Waals surface area contributed by atoms with Gasteiger partial charge >= 0.3 is 0 Å². The number of hydrogen-bond acceptors (Lipinski definition) is 3. The molecule has 0 radical (unpaired) electrons. The Hall–Kier alpha value is -1.56. The van der Waals surface area contributed by atoms with Crippen LogP contribution in [0.2, 0.25) is 0 Å². The lowest BCUT2D eigenvalue weighted by Gasteiger charge is -2.28. The Morgan fingerprint density at radius 2 is 2.21 bits per heavy atom. The number of halogens is 1. The highest BCUT2D eigenvalue weighted by atomic mass is 32.2. The summed E-state index contributed by atoms with van der Waals surface area (Å²) >= 11 is 1.50. The van der Waals surface area contributed by atoms with Gasteiger partial charge in [-0.25, -0.2) is 4.39 Å². The Balaban J connectivity index is 2.03. The smallest absolute Gasteiger partial charge is 0.233 e. The molecule has 1 unspecified atom stereocenters. The molecule has 1 aliphatic rings. The Kier molecular flexibility index (Phi) is 6.66. The van der Waals surface area contributed by atoms with Gasteiger partial charge in [-0.05, 0) is 30.5 Å². The highest BCUT2D eigenvalue weighted by Gasteiger charge is 2.33. The van der Waals surface area contributed by atoms with Gasteiger partial charge in [-0.1, -0.05) is 26.0 Å². The van der Waals surface area contributed by atoms with Crippen LogP contribution in [0.1, 0.15) is 38.1 Å². The minimum atomic E-state index is -0.297. The summed E-state index contributed by atoms with van der Waals surface area (Å²) in [4.78, 5) is 28.0. The van der Waals surface area contributed by atoms with Crippen molar-refractivity contribution >= 4 is 23.6 Å². The van der Waals surface area contributed by atoms with Crippen molar-refractivity contribution in [1.82, 2.24) is 9.80 Å². The van der Waals surface area contributed by atoms with Gasteiger partial charge in [0.15, 0.2) is 0 Å². The van der Waals surface area contributed by atoms with E-state index in [9.17, 15) is 14.0 Å². The number of nitrogens with zero attached hydrogens (tertiary/aromatic N) is 2. The summed E-state index contributed by atoms with van der Waals surface area (Å²) in [6.45, 7) is 7.61. The van der Waals surface area contributed by atoms with E-state index in [-0.39, 0.29) is 23.0 Å². The van der Waals surface area contributed by atoms with Crippen LogP contribution in [-0.4, -0.2) is 47.0 Å². The van der Waals surface area contributed by atoms with Gasteiger partial charge in [0.05, 0.1) is 5.75 Å². The zero-order valence-corrected chi connectivity index (χ0v) is 15.3. The molecule has 0 N–H and O–H groups in total. The largest absolute Gasteiger partial charge is 0.341 e. The zero-order chi connectivity index (χ0) is 17.7. The maximum Gasteiger partial charge on any atom is 0.233 e. The molecule has 0 bridgehead atoms. The molecule has 0 aromatic heterocycles. The summed E-state index contributed by atoms with van der Waals surface area (Å²) in [6.07, 6.45) is 0.518. The van der Waals surface area contributed by atoms with Crippen molar-refractivity contribution in [2.75, 3.05) is 25.4 Å². The topological polar surface area (TPSA) is 40.6 Å². The Morgan fingerprint density at radius 3 is 2.83 bits per heavy atom. The molecule has 1 saturated heterocycles. The van der Waals surface area contributed by atoms with Crippen LogP contribution >= 0.6 is 11.8 Å². The first-order valence-corrected chi connectivity index (χ1v) is 9.41. The maximum absolute atomic E-state index is 13.5. The third kappa shape index (κ3) is 4.72. The Morgan fingerprint density at radius 1 is 1.46 bits per heavy atom. The molecule has 2 rings (SSSR count). The maximum atomic E-state index is 13.5. The lowest BCUT2D eigenvalue weighted by Crippen LogP contribution is -2.40. The van der Waals surface area contributed by atoms with Crippen molar-refractivity contribution in [3.05, 3.63) is 35.6 Å². The lowest BCUT2D eigenvalue weighted by atomic mass is 10.1. The first-order valence-electron chi connectivity index (χ1n) is 8.36. The first kappa shape index (κ1) is 18.8. The van der Waals surface area contributed by atoms with Crippen LogP contribution in [-0.2, 0) is 9.59 Å². The number of carbonyl (C=O) groups is 2. The molecular formula is C18H25FN2O2S. The molecule has 1 heterocycles. The quantitative estimate of drug-likeness (QED) is 0.756. The average molecular weight is 352 g/mol. The Labute approximate surface area is 147 Å². The fourth-order valence-electron chi connectivity index (χ4n) is 2.80. The fourth-order valence-corrected chi connectivity index (χ4v) is 4.01. The third-order valence-electron chi connectivity index (χ3n) is 4.03. The van der Waals surface area contributed by atoms with E-state index in [2.05, 4.69) is 0 Å². The van der Waals surface area contributed by atoms with E-state index >= 15 is 0 Å². The van der Waals surface area contributed by atoms with Gasteiger partial charge < -0.3 is 9.80 Å². The molecule has 4 nitrogen and oxygen atoms in total. The van der Waals surface area contributed by atoms with E-state index in [0.29, 0.717) is 37.7 Å². The highest BCUT2D eigenvalue weighted by Crippen LogP contribution is 2.38. The zero-order valence-electron chi connectivity index (χ0n) is 14.5. The molecule has 132 valence electrons. The molecule has 6 heteroatoms. The van der Waals surface area contributed by atoms with Gasteiger partial charge in [0.1, 0.15) is 11.2 Å². The van der Waals surface area contributed by atoms with Crippen molar-refractivity contribution < 1.29 is 14.0 Å². The van der Waals surface area contributed by atoms with Crippen LogP contribution in [0.4, 0.5) is 4.39 Å². The molecule has 1 aromatic carbocycles. The van der Waals surface area contributed by atoms with E-state index in [1.165, 1.54) is 23.9 Å². The van der Waals surface area contributed by atoms with Crippen molar-refractivity contribution in [2.24, 2.45) is 5.92 Å². The fraction of sp³-hybridized carbons (Fsp3) is 0.556. The number of amides is 2. The van der Waals surface area contributed by atoms with E-state index in [1.807, 2.05) is 26.8 Å². The predicted molar refractivity (Wildman–Crippen MR) is 95.0 cm³/mol. The summed E-state index contributed by atoms with van der Waals surface area (Å²) in [6, 6.07) is 6.38. The minimum absolute atomic E-state index is 0.0432. The SMILES string of the molecule is CCN(CCN1C(=O)CSC1c1cccc(F)c1)C(=O)CC(C)C. The van der Waals surface area contributed by atoms with Crippen molar-refractivity contribution in [3.8, 4) is 0 Å². The lowest BCUT2D eigenvalue weighted by molar-refractivity contribution is -0.134. The molecular weight excluding hydrogens is 327 g/mol. The van der Waals surface area contributed by atoms with Gasteiger partial charge in [-0.15, -0.1) is 11.8 Å². The molecule has 24 heavy (non-hydrogen) atoms. The van der Waals surface area contributed by atoms with Crippen LogP contribution in [0.5, 0.6) is 0 Å². The molecule has 2 amide bonds. The van der Waals surface area contributed by atoms with Crippen LogP contribution in [0.25, 0.3) is 0 Å². The molecule has 0 aliphatic carbocycles. The van der Waals surface area contributed by atoms with Crippen molar-refractivity contribution in [2.45, 2.75) is 32.6 Å².